The first kappa shape index (κ1) is 12.1. The molecule has 0 spiro atoms. The fourth-order valence-corrected chi connectivity index (χ4v) is 3.73. The highest BCUT2D eigenvalue weighted by atomic mass is 79.9. The minimum absolute atomic E-state index is 0.874. The molecule has 0 aliphatic carbocycles. The Morgan fingerprint density at radius 2 is 2.00 bits per heavy atom. The molecule has 0 amide bonds. The van der Waals surface area contributed by atoms with Gasteiger partial charge in [-0.25, -0.2) is 4.98 Å². The van der Waals surface area contributed by atoms with Crippen LogP contribution < -0.4 is 0 Å². The van der Waals surface area contributed by atoms with Gasteiger partial charge in [0.25, 0.3) is 0 Å². The molecule has 2 nitrogen and oxygen atoms in total. The fourth-order valence-electron chi connectivity index (χ4n) is 2.37. The van der Waals surface area contributed by atoms with E-state index in [0.29, 0.717) is 0 Å². The minimum Gasteiger partial charge on any atom is -0.453 e. The van der Waals surface area contributed by atoms with Crippen molar-refractivity contribution in [2.45, 2.75) is 6.92 Å². The Hall–Kier alpha value is -1.65. The summed E-state index contributed by atoms with van der Waals surface area (Å²) in [5.41, 5.74) is 3.06. The van der Waals surface area contributed by atoms with E-state index in [9.17, 15) is 0 Å². The van der Waals surface area contributed by atoms with Gasteiger partial charge in [0.05, 0.1) is 10.2 Å². The van der Waals surface area contributed by atoms with E-state index < -0.39 is 0 Å². The first-order valence-electron chi connectivity index (χ1n) is 6.27. The van der Waals surface area contributed by atoms with Crippen molar-refractivity contribution in [3.8, 4) is 10.8 Å². The van der Waals surface area contributed by atoms with Gasteiger partial charge in [0.15, 0.2) is 10.8 Å². The van der Waals surface area contributed by atoms with E-state index in [4.69, 9.17) is 4.42 Å². The molecule has 2 aromatic heterocycles. The summed E-state index contributed by atoms with van der Waals surface area (Å²) in [6.45, 7) is 2.08. The van der Waals surface area contributed by atoms with Crippen LogP contribution in [0.25, 0.3) is 32.0 Å². The van der Waals surface area contributed by atoms with Gasteiger partial charge in [0.1, 0.15) is 5.58 Å². The van der Waals surface area contributed by atoms with E-state index in [0.717, 1.165) is 37.3 Å². The van der Waals surface area contributed by atoms with Crippen LogP contribution in [0.3, 0.4) is 0 Å². The zero-order valence-corrected chi connectivity index (χ0v) is 13.1. The van der Waals surface area contributed by atoms with Crippen molar-refractivity contribution in [1.29, 1.82) is 0 Å². The number of benzene rings is 2. The van der Waals surface area contributed by atoms with Crippen molar-refractivity contribution in [1.82, 2.24) is 4.98 Å². The third-order valence-corrected chi connectivity index (χ3v) is 4.91. The van der Waals surface area contributed by atoms with Gasteiger partial charge < -0.3 is 4.42 Å². The summed E-state index contributed by atoms with van der Waals surface area (Å²) in [5.74, 6) is 0.874. The minimum atomic E-state index is 0.874. The molecule has 98 valence electrons. The average molecular weight is 344 g/mol. The van der Waals surface area contributed by atoms with E-state index in [-0.39, 0.29) is 0 Å². The Morgan fingerprint density at radius 3 is 2.85 bits per heavy atom. The molecule has 0 aliphatic heterocycles. The highest BCUT2D eigenvalue weighted by Gasteiger charge is 2.16. The SMILES string of the molecule is Cc1c(-c2nc3ccccc3s2)oc2ccc(Br)cc12. The lowest BCUT2D eigenvalue weighted by Gasteiger charge is -1.91. The number of rotatable bonds is 1. The van der Waals surface area contributed by atoms with Crippen molar-refractivity contribution in [2.24, 2.45) is 0 Å². The van der Waals surface area contributed by atoms with Crippen LogP contribution in [0.2, 0.25) is 0 Å². The van der Waals surface area contributed by atoms with Crippen molar-refractivity contribution >= 4 is 48.5 Å². The summed E-state index contributed by atoms with van der Waals surface area (Å²) in [6, 6.07) is 14.2. The number of aromatic nitrogens is 1. The number of halogens is 1. The molecule has 4 heteroatoms. The average Bonchev–Trinajstić information content (AvgIpc) is 3.01. The maximum atomic E-state index is 6.00. The second-order valence-corrected chi connectivity index (χ2v) is 6.63. The summed E-state index contributed by atoms with van der Waals surface area (Å²) in [4.78, 5) is 4.67. The molecule has 0 aliphatic rings. The maximum absolute atomic E-state index is 6.00. The molecular weight excluding hydrogens is 334 g/mol. The number of furan rings is 1. The van der Waals surface area contributed by atoms with Crippen LogP contribution in [-0.2, 0) is 0 Å². The summed E-state index contributed by atoms with van der Waals surface area (Å²) in [7, 11) is 0. The predicted molar refractivity (Wildman–Crippen MR) is 87.3 cm³/mol. The fraction of sp³-hybridized carbons (Fsp3) is 0.0625. The van der Waals surface area contributed by atoms with Crippen molar-refractivity contribution in [3.05, 3.63) is 52.5 Å². The molecule has 2 heterocycles. The van der Waals surface area contributed by atoms with E-state index in [2.05, 4.69) is 40.0 Å². The third-order valence-electron chi connectivity index (χ3n) is 3.39. The molecule has 0 fully saturated rings. The highest BCUT2D eigenvalue weighted by Crippen LogP contribution is 2.37. The molecule has 0 saturated heterocycles. The monoisotopic (exact) mass is 343 g/mol. The smallest absolute Gasteiger partial charge is 0.166 e. The number of para-hydroxylation sites is 1. The molecule has 4 rings (SSSR count). The molecule has 0 unspecified atom stereocenters. The van der Waals surface area contributed by atoms with Gasteiger partial charge in [-0.1, -0.05) is 28.1 Å². The second kappa shape index (κ2) is 4.43. The van der Waals surface area contributed by atoms with Gasteiger partial charge in [-0.15, -0.1) is 11.3 Å². The number of fused-ring (bicyclic) bond motifs is 2. The van der Waals surface area contributed by atoms with E-state index in [1.165, 1.54) is 4.70 Å². The van der Waals surface area contributed by atoms with E-state index >= 15 is 0 Å². The predicted octanol–water partition coefficient (Wildman–Crippen LogP) is 5.78. The Bertz CT molecular complexity index is 905. The summed E-state index contributed by atoms with van der Waals surface area (Å²) < 4.78 is 8.24. The van der Waals surface area contributed by atoms with Crippen LogP contribution in [0.15, 0.2) is 51.4 Å². The van der Waals surface area contributed by atoms with Gasteiger partial charge in [0, 0.05) is 15.4 Å². The van der Waals surface area contributed by atoms with Gasteiger partial charge >= 0.3 is 0 Å². The number of thiazole rings is 1. The first-order chi connectivity index (χ1) is 9.72. The summed E-state index contributed by atoms with van der Waals surface area (Å²) in [5, 5.41) is 2.07. The molecule has 2 aromatic carbocycles. The quantitative estimate of drug-likeness (QED) is 0.437. The lowest BCUT2D eigenvalue weighted by molar-refractivity contribution is 0.628. The summed E-state index contributed by atoms with van der Waals surface area (Å²) >= 11 is 5.17. The Morgan fingerprint density at radius 1 is 1.15 bits per heavy atom. The first-order valence-corrected chi connectivity index (χ1v) is 7.88. The van der Waals surface area contributed by atoms with Crippen molar-refractivity contribution < 1.29 is 4.42 Å². The molecule has 0 N–H and O–H groups in total. The molecule has 4 aromatic rings. The zero-order valence-electron chi connectivity index (χ0n) is 10.7. The van der Waals surface area contributed by atoms with Crippen LogP contribution in [-0.4, -0.2) is 4.98 Å². The lowest BCUT2D eigenvalue weighted by atomic mass is 10.1. The zero-order chi connectivity index (χ0) is 13.7. The number of nitrogens with zero attached hydrogens (tertiary/aromatic N) is 1. The van der Waals surface area contributed by atoms with Crippen molar-refractivity contribution in [3.63, 3.8) is 0 Å². The van der Waals surface area contributed by atoms with Gasteiger partial charge in [-0.2, -0.15) is 0 Å². The molecule has 20 heavy (non-hydrogen) atoms. The molecule has 0 atom stereocenters. The lowest BCUT2D eigenvalue weighted by Crippen LogP contribution is -1.75. The largest absolute Gasteiger partial charge is 0.453 e. The molecule has 0 saturated carbocycles. The normalized spacial score (nSPS) is 11.5. The summed E-state index contributed by atoms with van der Waals surface area (Å²) in [6.07, 6.45) is 0. The Balaban J connectivity index is 1.99. The van der Waals surface area contributed by atoms with Crippen LogP contribution in [0.4, 0.5) is 0 Å². The van der Waals surface area contributed by atoms with Crippen molar-refractivity contribution in [2.75, 3.05) is 0 Å². The van der Waals surface area contributed by atoms with Crippen LogP contribution >= 0.6 is 27.3 Å². The topological polar surface area (TPSA) is 26.0 Å². The van der Waals surface area contributed by atoms with Crippen LogP contribution in [0, 0.1) is 6.92 Å². The number of hydrogen-bond donors (Lipinski definition) is 0. The van der Waals surface area contributed by atoms with Gasteiger partial charge in [-0.3, -0.25) is 0 Å². The second-order valence-electron chi connectivity index (χ2n) is 4.68. The molecule has 0 radical (unpaired) electrons. The van der Waals surface area contributed by atoms with Gasteiger partial charge in [-0.05, 0) is 37.3 Å². The van der Waals surface area contributed by atoms with Gasteiger partial charge in [0.2, 0.25) is 0 Å². The Labute approximate surface area is 128 Å². The molecular formula is C16H10BrNOS. The van der Waals surface area contributed by atoms with E-state index in [1.54, 1.807) is 11.3 Å². The highest BCUT2D eigenvalue weighted by molar-refractivity contribution is 9.10. The number of aryl methyl sites for hydroxylation is 1. The molecule has 0 bridgehead atoms. The Kier molecular flexibility index (Phi) is 2.69. The van der Waals surface area contributed by atoms with Crippen LogP contribution in [0.1, 0.15) is 5.56 Å². The third kappa shape index (κ3) is 1.79. The van der Waals surface area contributed by atoms with E-state index in [1.807, 2.05) is 30.3 Å². The van der Waals surface area contributed by atoms with Crippen LogP contribution in [0.5, 0.6) is 0 Å². The maximum Gasteiger partial charge on any atom is 0.166 e. The number of hydrogen-bond acceptors (Lipinski definition) is 3. The standard InChI is InChI=1S/C16H10BrNOS/c1-9-11-8-10(17)6-7-13(11)19-15(9)16-18-12-4-2-3-5-14(12)20-16/h2-8H,1H3.